The molecule has 0 spiro atoms. The molecule has 0 atom stereocenters. The van der Waals surface area contributed by atoms with Crippen molar-refractivity contribution in [3.63, 3.8) is 0 Å². The smallest absolute Gasteiger partial charge is 0.244 e. The normalized spacial score (nSPS) is 19.0. The first-order valence-corrected chi connectivity index (χ1v) is 11.0. The number of hydrogen-bond acceptors (Lipinski definition) is 5. The van der Waals surface area contributed by atoms with E-state index in [0.717, 1.165) is 19.5 Å². The molecule has 0 bridgehead atoms. The van der Waals surface area contributed by atoms with E-state index < -0.39 is 10.0 Å². The zero-order valence-corrected chi connectivity index (χ0v) is 16.7. The summed E-state index contributed by atoms with van der Waals surface area (Å²) in [5, 5.41) is 0. The molecule has 0 radical (unpaired) electrons. The van der Waals surface area contributed by atoms with Gasteiger partial charge in [-0.2, -0.15) is 4.31 Å². The summed E-state index contributed by atoms with van der Waals surface area (Å²) in [5.74, 6) is 0. The van der Waals surface area contributed by atoms with E-state index in [1.54, 1.807) is 18.3 Å². The van der Waals surface area contributed by atoms with Gasteiger partial charge < -0.3 is 9.30 Å². The van der Waals surface area contributed by atoms with Crippen LogP contribution in [0.3, 0.4) is 0 Å². The fourth-order valence-corrected chi connectivity index (χ4v) is 5.21. The van der Waals surface area contributed by atoms with E-state index in [0.29, 0.717) is 37.6 Å². The molecule has 3 heterocycles. The lowest BCUT2D eigenvalue weighted by Crippen LogP contribution is -2.40. The first-order valence-electron chi connectivity index (χ1n) is 9.11. The van der Waals surface area contributed by atoms with Crippen LogP contribution in [0.5, 0.6) is 0 Å². The molecule has 0 amide bonds. The highest BCUT2D eigenvalue weighted by Gasteiger charge is 2.27. The second-order valence-corrected chi connectivity index (χ2v) is 9.26. The van der Waals surface area contributed by atoms with Crippen molar-refractivity contribution < 1.29 is 13.2 Å². The second kappa shape index (κ2) is 7.81. The van der Waals surface area contributed by atoms with Crippen LogP contribution in [0.4, 0.5) is 0 Å². The fourth-order valence-electron chi connectivity index (χ4n) is 3.60. The van der Waals surface area contributed by atoms with Crippen molar-refractivity contribution >= 4 is 22.2 Å². The number of fused-ring (bicyclic) bond motifs is 1. The van der Waals surface area contributed by atoms with E-state index in [1.165, 1.54) is 15.4 Å². The first-order chi connectivity index (χ1) is 13.0. The Morgan fingerprint density at radius 1 is 1.00 bits per heavy atom. The van der Waals surface area contributed by atoms with Crippen molar-refractivity contribution in [1.82, 2.24) is 13.8 Å². The van der Waals surface area contributed by atoms with Crippen molar-refractivity contribution in [2.75, 3.05) is 32.8 Å². The monoisotopic (exact) mass is 405 g/mol. The molecule has 2 aromatic rings. The van der Waals surface area contributed by atoms with Gasteiger partial charge in [-0.1, -0.05) is 36.5 Å². The SMILES string of the molecule is O=S(=O)(c1ccc(=S)n(CN2CCc3ccccc3C2)c1)N1CCOCC1. The third-order valence-electron chi connectivity index (χ3n) is 5.13. The molecule has 0 unspecified atom stereocenters. The minimum atomic E-state index is -3.52. The average molecular weight is 406 g/mol. The maximum Gasteiger partial charge on any atom is 0.244 e. The van der Waals surface area contributed by atoms with Gasteiger partial charge in [-0.05, 0) is 29.7 Å². The average Bonchev–Trinajstić information content (AvgIpc) is 2.70. The Kier molecular flexibility index (Phi) is 5.43. The molecule has 0 saturated carbocycles. The minimum absolute atomic E-state index is 0.287. The predicted octanol–water partition coefficient (Wildman–Crippen LogP) is 2.25. The number of hydrogen-bond donors (Lipinski definition) is 0. The van der Waals surface area contributed by atoms with Crippen molar-refractivity contribution in [3.05, 3.63) is 58.4 Å². The van der Waals surface area contributed by atoms with E-state index in [4.69, 9.17) is 17.0 Å². The van der Waals surface area contributed by atoms with Crippen LogP contribution in [0.2, 0.25) is 0 Å². The van der Waals surface area contributed by atoms with E-state index >= 15 is 0 Å². The van der Waals surface area contributed by atoms with Gasteiger partial charge in [0.05, 0.1) is 24.8 Å². The fraction of sp³-hybridized carbons (Fsp3) is 0.421. The number of rotatable bonds is 4. The molecule has 2 aliphatic heterocycles. The molecule has 1 aromatic carbocycles. The van der Waals surface area contributed by atoms with Gasteiger partial charge in [0.15, 0.2) is 0 Å². The minimum Gasteiger partial charge on any atom is -0.379 e. The Morgan fingerprint density at radius 2 is 1.74 bits per heavy atom. The highest BCUT2D eigenvalue weighted by atomic mass is 32.2. The van der Waals surface area contributed by atoms with Crippen molar-refractivity contribution in [2.24, 2.45) is 0 Å². The summed E-state index contributed by atoms with van der Waals surface area (Å²) >= 11 is 5.45. The zero-order valence-electron chi connectivity index (χ0n) is 15.1. The number of nitrogens with zero attached hydrogens (tertiary/aromatic N) is 3. The van der Waals surface area contributed by atoms with Gasteiger partial charge in [-0.15, -0.1) is 0 Å². The Balaban J connectivity index is 1.56. The maximum absolute atomic E-state index is 12.9. The number of ether oxygens (including phenoxy) is 1. The summed E-state index contributed by atoms with van der Waals surface area (Å²) < 4.78 is 35.1. The Bertz CT molecular complexity index is 982. The van der Waals surface area contributed by atoms with E-state index in [-0.39, 0.29) is 4.90 Å². The summed E-state index contributed by atoms with van der Waals surface area (Å²) in [5.41, 5.74) is 2.72. The third-order valence-corrected chi connectivity index (χ3v) is 7.38. The molecular weight excluding hydrogens is 382 g/mol. The Hall–Kier alpha value is -1.58. The van der Waals surface area contributed by atoms with Gasteiger partial charge in [0.1, 0.15) is 4.64 Å². The third kappa shape index (κ3) is 4.00. The molecule has 1 aromatic heterocycles. The predicted molar refractivity (Wildman–Crippen MR) is 105 cm³/mol. The molecule has 8 heteroatoms. The topological polar surface area (TPSA) is 54.8 Å². The highest BCUT2D eigenvalue weighted by Crippen LogP contribution is 2.21. The lowest BCUT2D eigenvalue weighted by molar-refractivity contribution is 0.0730. The largest absolute Gasteiger partial charge is 0.379 e. The van der Waals surface area contributed by atoms with Crippen LogP contribution >= 0.6 is 12.2 Å². The van der Waals surface area contributed by atoms with Gasteiger partial charge in [-0.25, -0.2) is 8.42 Å². The molecule has 2 aliphatic rings. The van der Waals surface area contributed by atoms with Crippen LogP contribution in [0.1, 0.15) is 11.1 Å². The number of pyridine rings is 1. The quantitative estimate of drug-likeness (QED) is 0.731. The molecule has 0 aliphatic carbocycles. The zero-order chi connectivity index (χ0) is 18.9. The first kappa shape index (κ1) is 18.8. The van der Waals surface area contributed by atoms with E-state index in [1.807, 2.05) is 4.57 Å². The number of benzene rings is 1. The molecule has 1 saturated heterocycles. The van der Waals surface area contributed by atoms with Crippen molar-refractivity contribution in [1.29, 1.82) is 0 Å². The lowest BCUT2D eigenvalue weighted by Gasteiger charge is -2.30. The van der Waals surface area contributed by atoms with Crippen LogP contribution in [0.15, 0.2) is 47.5 Å². The molecule has 6 nitrogen and oxygen atoms in total. The van der Waals surface area contributed by atoms with Gasteiger partial charge in [0.25, 0.3) is 0 Å². The summed E-state index contributed by atoms with van der Waals surface area (Å²) in [7, 11) is -3.52. The van der Waals surface area contributed by atoms with Gasteiger partial charge in [-0.3, -0.25) is 4.90 Å². The highest BCUT2D eigenvalue weighted by molar-refractivity contribution is 7.89. The number of morpholine rings is 1. The summed E-state index contributed by atoms with van der Waals surface area (Å²) in [6.45, 7) is 4.01. The molecule has 4 rings (SSSR count). The molecular formula is C19H23N3O3S2. The summed E-state index contributed by atoms with van der Waals surface area (Å²) in [4.78, 5) is 2.58. The van der Waals surface area contributed by atoms with E-state index in [9.17, 15) is 8.42 Å². The second-order valence-electron chi connectivity index (χ2n) is 6.90. The van der Waals surface area contributed by atoms with Crippen molar-refractivity contribution in [3.8, 4) is 0 Å². The maximum atomic E-state index is 12.9. The molecule has 1 fully saturated rings. The van der Waals surface area contributed by atoms with Crippen LogP contribution in [0, 0.1) is 4.64 Å². The van der Waals surface area contributed by atoms with Crippen LogP contribution < -0.4 is 0 Å². The van der Waals surface area contributed by atoms with Gasteiger partial charge >= 0.3 is 0 Å². The van der Waals surface area contributed by atoms with Gasteiger partial charge in [0, 0.05) is 32.4 Å². The summed E-state index contributed by atoms with van der Waals surface area (Å²) in [6.07, 6.45) is 2.67. The Labute approximate surface area is 165 Å². The molecule has 144 valence electrons. The summed E-state index contributed by atoms with van der Waals surface area (Å²) in [6, 6.07) is 11.8. The van der Waals surface area contributed by atoms with Crippen LogP contribution in [-0.2, 0) is 34.4 Å². The van der Waals surface area contributed by atoms with Gasteiger partial charge in [0.2, 0.25) is 10.0 Å². The van der Waals surface area contributed by atoms with Crippen LogP contribution in [0.25, 0.3) is 0 Å². The number of sulfonamides is 1. The standard InChI is InChI=1S/C19H23N3O3S2/c23-27(24,22-9-11-25-12-10-22)18-5-6-19(26)21(14-18)15-20-8-7-16-3-1-2-4-17(16)13-20/h1-6,14H,7-13,15H2. The lowest BCUT2D eigenvalue weighted by atomic mass is 10.0. The van der Waals surface area contributed by atoms with E-state index in [2.05, 4.69) is 29.2 Å². The molecule has 27 heavy (non-hydrogen) atoms. The van der Waals surface area contributed by atoms with Crippen molar-refractivity contribution in [2.45, 2.75) is 24.5 Å². The molecule has 0 N–H and O–H groups in total. The van der Waals surface area contributed by atoms with Crippen LogP contribution in [-0.4, -0.2) is 55.0 Å². The number of aromatic nitrogens is 1. The Morgan fingerprint density at radius 3 is 2.52 bits per heavy atom.